The van der Waals surface area contributed by atoms with Crippen molar-refractivity contribution < 1.29 is 5.11 Å². The summed E-state index contributed by atoms with van der Waals surface area (Å²) in [7, 11) is 0. The average Bonchev–Trinajstić information content (AvgIpc) is 2.56. The van der Waals surface area contributed by atoms with Crippen LogP contribution in [-0.2, 0) is 0 Å². The minimum absolute atomic E-state index is 0.105. The number of likely N-dealkylation sites (tertiary alicyclic amines) is 1. The first kappa shape index (κ1) is 17.0. The van der Waals surface area contributed by atoms with Crippen molar-refractivity contribution in [2.45, 2.75) is 25.4 Å². The number of aliphatic hydroxyl groups excluding tert-OH is 1. The van der Waals surface area contributed by atoms with Gasteiger partial charge in [-0.1, -0.05) is 11.6 Å². The molecule has 23 heavy (non-hydrogen) atoms. The molecule has 2 fully saturated rings. The Balaban J connectivity index is 1.35. The van der Waals surface area contributed by atoms with Crippen LogP contribution in [0, 0.1) is 0 Å². The van der Waals surface area contributed by atoms with Crippen LogP contribution in [-0.4, -0.2) is 73.4 Å². The zero-order valence-electron chi connectivity index (χ0n) is 13.8. The zero-order chi connectivity index (χ0) is 16.1. The van der Waals surface area contributed by atoms with Gasteiger partial charge in [-0.15, -0.1) is 0 Å². The van der Waals surface area contributed by atoms with Crippen molar-refractivity contribution in [2.24, 2.45) is 0 Å². The molecule has 2 aliphatic rings. The van der Waals surface area contributed by atoms with E-state index < -0.39 is 0 Å². The van der Waals surface area contributed by atoms with E-state index in [1.54, 1.807) is 0 Å². The lowest BCUT2D eigenvalue weighted by Crippen LogP contribution is -2.47. The number of hydrogen-bond acceptors (Lipinski definition) is 4. The Hall–Kier alpha value is -0.810. The fourth-order valence-corrected chi connectivity index (χ4v) is 3.76. The summed E-state index contributed by atoms with van der Waals surface area (Å²) in [6, 6.07) is 8.16. The second-order valence-electron chi connectivity index (χ2n) is 6.76. The first-order valence-corrected chi connectivity index (χ1v) is 9.22. The predicted molar refractivity (Wildman–Crippen MR) is 96.4 cm³/mol. The summed E-state index contributed by atoms with van der Waals surface area (Å²) in [6.45, 7) is 8.74. The number of rotatable bonds is 5. The molecular weight excluding hydrogens is 310 g/mol. The summed E-state index contributed by atoms with van der Waals surface area (Å²) in [5, 5.41) is 10.5. The Labute approximate surface area is 144 Å². The van der Waals surface area contributed by atoms with Crippen LogP contribution >= 0.6 is 11.6 Å². The highest BCUT2D eigenvalue weighted by Gasteiger charge is 2.19. The van der Waals surface area contributed by atoms with E-state index in [9.17, 15) is 5.11 Å². The molecule has 0 amide bonds. The van der Waals surface area contributed by atoms with Gasteiger partial charge in [0.05, 0.1) is 6.10 Å². The molecule has 0 bridgehead atoms. The van der Waals surface area contributed by atoms with Crippen LogP contribution in [0.2, 0.25) is 5.02 Å². The predicted octanol–water partition coefficient (Wildman–Crippen LogP) is 2.31. The third-order valence-electron chi connectivity index (χ3n) is 4.99. The molecule has 1 N–H and O–H groups in total. The summed E-state index contributed by atoms with van der Waals surface area (Å²) >= 11 is 5.96. The van der Waals surface area contributed by atoms with E-state index in [1.165, 1.54) is 18.7 Å². The van der Waals surface area contributed by atoms with Crippen molar-refractivity contribution in [2.75, 3.05) is 57.3 Å². The molecule has 1 atom stereocenters. The maximum absolute atomic E-state index is 9.72. The van der Waals surface area contributed by atoms with Gasteiger partial charge in [0.25, 0.3) is 0 Å². The van der Waals surface area contributed by atoms with Crippen molar-refractivity contribution in [3.63, 3.8) is 0 Å². The molecule has 0 aliphatic carbocycles. The maximum Gasteiger partial charge on any atom is 0.0667 e. The number of nitrogens with zero attached hydrogens (tertiary/aromatic N) is 3. The lowest BCUT2D eigenvalue weighted by Gasteiger charge is -2.36. The van der Waals surface area contributed by atoms with E-state index >= 15 is 0 Å². The van der Waals surface area contributed by atoms with Gasteiger partial charge in [0.1, 0.15) is 0 Å². The molecule has 1 aromatic carbocycles. The molecule has 0 radical (unpaired) electrons. The Morgan fingerprint density at radius 1 is 0.957 bits per heavy atom. The van der Waals surface area contributed by atoms with E-state index in [2.05, 4.69) is 26.8 Å². The molecule has 0 spiro atoms. The van der Waals surface area contributed by atoms with Crippen LogP contribution in [0.5, 0.6) is 0 Å². The third kappa shape index (κ3) is 5.08. The molecule has 0 aromatic heterocycles. The number of aliphatic hydroxyl groups is 1. The highest BCUT2D eigenvalue weighted by atomic mass is 35.5. The van der Waals surface area contributed by atoms with Gasteiger partial charge in [0, 0.05) is 43.4 Å². The first-order valence-electron chi connectivity index (χ1n) is 8.84. The molecule has 2 aliphatic heterocycles. The normalized spacial score (nSPS) is 24.1. The zero-order valence-corrected chi connectivity index (χ0v) is 14.6. The largest absolute Gasteiger partial charge is 0.392 e. The Morgan fingerprint density at radius 3 is 2.35 bits per heavy atom. The summed E-state index contributed by atoms with van der Waals surface area (Å²) in [4.78, 5) is 7.42. The summed E-state index contributed by atoms with van der Waals surface area (Å²) < 4.78 is 0. The van der Waals surface area contributed by atoms with Gasteiger partial charge in [-0.25, -0.2) is 0 Å². The molecule has 2 heterocycles. The van der Waals surface area contributed by atoms with E-state index in [4.69, 9.17) is 11.6 Å². The smallest absolute Gasteiger partial charge is 0.0667 e. The molecule has 1 aromatic rings. The highest BCUT2D eigenvalue weighted by molar-refractivity contribution is 6.30. The van der Waals surface area contributed by atoms with Gasteiger partial charge in [-0.3, -0.25) is 4.90 Å². The molecule has 5 heteroatoms. The van der Waals surface area contributed by atoms with Gasteiger partial charge in [-0.2, -0.15) is 0 Å². The van der Waals surface area contributed by atoms with Crippen LogP contribution in [0.4, 0.5) is 5.69 Å². The second kappa shape index (κ2) is 8.34. The van der Waals surface area contributed by atoms with Gasteiger partial charge >= 0.3 is 0 Å². The maximum atomic E-state index is 9.72. The van der Waals surface area contributed by atoms with Crippen molar-refractivity contribution in [3.05, 3.63) is 29.3 Å². The van der Waals surface area contributed by atoms with Crippen molar-refractivity contribution in [3.8, 4) is 0 Å². The average molecular weight is 338 g/mol. The van der Waals surface area contributed by atoms with E-state index in [0.717, 1.165) is 63.7 Å². The quantitative estimate of drug-likeness (QED) is 0.893. The summed E-state index contributed by atoms with van der Waals surface area (Å²) in [5.41, 5.74) is 1.27. The third-order valence-corrected chi connectivity index (χ3v) is 5.25. The minimum atomic E-state index is -0.105. The molecule has 0 saturated carbocycles. The fourth-order valence-electron chi connectivity index (χ4n) is 3.63. The lowest BCUT2D eigenvalue weighted by molar-refractivity contribution is 0.0681. The van der Waals surface area contributed by atoms with Crippen LogP contribution < -0.4 is 4.90 Å². The van der Waals surface area contributed by atoms with Crippen LogP contribution in [0.3, 0.4) is 0 Å². The van der Waals surface area contributed by atoms with Crippen molar-refractivity contribution in [1.82, 2.24) is 9.80 Å². The molecule has 128 valence electrons. The minimum Gasteiger partial charge on any atom is -0.392 e. The SMILES string of the molecule is OC1CCCN(CCCN2CCN(c3ccc(Cl)cc3)CC2)C1. The number of hydrogen-bond donors (Lipinski definition) is 1. The molecule has 3 rings (SSSR count). The molecule has 1 unspecified atom stereocenters. The Bertz CT molecular complexity index is 474. The number of piperidine rings is 1. The molecule has 4 nitrogen and oxygen atoms in total. The standard InChI is InChI=1S/C18H28ClN3O/c19-16-4-6-17(7-5-16)22-13-11-20(12-14-22)9-2-10-21-8-1-3-18(23)15-21/h4-7,18,23H,1-3,8-15H2. The Kier molecular flexibility index (Phi) is 6.17. The van der Waals surface area contributed by atoms with Crippen LogP contribution in [0.25, 0.3) is 0 Å². The van der Waals surface area contributed by atoms with E-state index in [-0.39, 0.29) is 6.10 Å². The van der Waals surface area contributed by atoms with E-state index in [1.807, 2.05) is 12.1 Å². The van der Waals surface area contributed by atoms with E-state index in [0.29, 0.717) is 0 Å². The fraction of sp³-hybridized carbons (Fsp3) is 0.667. The lowest BCUT2D eigenvalue weighted by atomic mass is 10.1. The second-order valence-corrected chi connectivity index (χ2v) is 7.19. The van der Waals surface area contributed by atoms with Crippen molar-refractivity contribution >= 4 is 17.3 Å². The number of halogens is 1. The summed E-state index contributed by atoms with van der Waals surface area (Å²) in [5.74, 6) is 0. The number of anilines is 1. The molecule has 2 saturated heterocycles. The van der Waals surface area contributed by atoms with Gasteiger partial charge < -0.3 is 14.9 Å². The van der Waals surface area contributed by atoms with Crippen LogP contribution in [0.15, 0.2) is 24.3 Å². The number of β-amino-alcohol motifs (C(OH)–C–C–N with tert-alkyl or cyclic N) is 1. The van der Waals surface area contributed by atoms with Gasteiger partial charge in [0.2, 0.25) is 0 Å². The number of benzene rings is 1. The van der Waals surface area contributed by atoms with Gasteiger partial charge in [-0.05, 0) is 63.2 Å². The van der Waals surface area contributed by atoms with Crippen LogP contribution in [0.1, 0.15) is 19.3 Å². The monoisotopic (exact) mass is 337 g/mol. The Morgan fingerprint density at radius 2 is 1.65 bits per heavy atom. The van der Waals surface area contributed by atoms with Gasteiger partial charge in [0.15, 0.2) is 0 Å². The van der Waals surface area contributed by atoms with Crippen molar-refractivity contribution in [1.29, 1.82) is 0 Å². The topological polar surface area (TPSA) is 30.0 Å². The number of piperazine rings is 1. The highest BCUT2D eigenvalue weighted by Crippen LogP contribution is 2.19. The molecular formula is C18H28ClN3O. The summed E-state index contributed by atoms with van der Waals surface area (Å²) in [6.07, 6.45) is 3.21. The first-order chi connectivity index (χ1) is 11.2.